The van der Waals surface area contributed by atoms with Gasteiger partial charge in [0.05, 0.1) is 0 Å². The number of carbonyl (C=O) groups excluding carboxylic acids is 1. The largest absolute Gasteiger partial charge is 0.298 e. The highest BCUT2D eigenvalue weighted by Gasteiger charge is 2.00. The molecule has 0 unspecified atom stereocenters. The third kappa shape index (κ3) is 3.50. The van der Waals surface area contributed by atoms with Crippen molar-refractivity contribution in [3.63, 3.8) is 0 Å². The summed E-state index contributed by atoms with van der Waals surface area (Å²) < 4.78 is 0. The van der Waals surface area contributed by atoms with Gasteiger partial charge in [0, 0.05) is 5.56 Å². The first-order valence-electron chi connectivity index (χ1n) is 7.53. The number of hydrogen-bond acceptors (Lipinski definition) is 1. The topological polar surface area (TPSA) is 17.1 Å². The van der Waals surface area contributed by atoms with Crippen LogP contribution in [0.1, 0.15) is 21.5 Å². The zero-order valence-corrected chi connectivity index (χ0v) is 12.4. The first kappa shape index (κ1) is 14.3. The highest BCUT2D eigenvalue weighted by molar-refractivity contribution is 5.74. The summed E-state index contributed by atoms with van der Waals surface area (Å²) in [6.07, 6.45) is 2.84. The summed E-state index contributed by atoms with van der Waals surface area (Å²) in [5.74, 6) is 0. The smallest absolute Gasteiger partial charge is 0.150 e. The maximum Gasteiger partial charge on any atom is 0.150 e. The molecule has 0 aliphatic heterocycles. The monoisotopic (exact) mass is 286 g/mol. The Morgan fingerprint density at radius 1 is 0.636 bits per heavy atom. The minimum absolute atomic E-state index is 0.747. The lowest BCUT2D eigenvalue weighted by Crippen LogP contribution is -1.92. The average molecular weight is 286 g/mol. The van der Waals surface area contributed by atoms with E-state index in [0.29, 0.717) is 0 Å². The Morgan fingerprint density at radius 3 is 2.05 bits per heavy atom. The Balaban J connectivity index is 1.67. The molecule has 3 aromatic rings. The van der Waals surface area contributed by atoms with Crippen molar-refractivity contribution in [2.75, 3.05) is 0 Å². The molecule has 22 heavy (non-hydrogen) atoms. The molecule has 0 aromatic heterocycles. The molecule has 0 amide bonds. The van der Waals surface area contributed by atoms with Crippen LogP contribution >= 0.6 is 0 Å². The van der Waals surface area contributed by atoms with Gasteiger partial charge < -0.3 is 0 Å². The first-order valence-corrected chi connectivity index (χ1v) is 7.53. The predicted molar refractivity (Wildman–Crippen MR) is 91.1 cm³/mol. The molecule has 0 aliphatic rings. The molecule has 0 heterocycles. The number of aryl methyl sites for hydroxylation is 2. The Kier molecular flexibility index (Phi) is 4.45. The van der Waals surface area contributed by atoms with Crippen LogP contribution in [0.25, 0.3) is 11.1 Å². The van der Waals surface area contributed by atoms with E-state index in [2.05, 4.69) is 54.6 Å². The van der Waals surface area contributed by atoms with Crippen molar-refractivity contribution in [2.24, 2.45) is 0 Å². The predicted octanol–water partition coefficient (Wildman–Crippen LogP) is 4.95. The van der Waals surface area contributed by atoms with Crippen LogP contribution in [0.2, 0.25) is 0 Å². The van der Waals surface area contributed by atoms with Gasteiger partial charge in [0.25, 0.3) is 0 Å². The molecule has 3 aromatic carbocycles. The zero-order chi connectivity index (χ0) is 15.2. The van der Waals surface area contributed by atoms with Crippen LogP contribution in [-0.4, -0.2) is 6.29 Å². The van der Waals surface area contributed by atoms with E-state index in [0.717, 1.165) is 24.7 Å². The van der Waals surface area contributed by atoms with E-state index >= 15 is 0 Å². The Labute approximate surface area is 131 Å². The summed E-state index contributed by atoms with van der Waals surface area (Å²) in [5.41, 5.74) is 5.75. The molecule has 0 spiro atoms. The summed E-state index contributed by atoms with van der Waals surface area (Å²) in [5, 5.41) is 0. The van der Waals surface area contributed by atoms with E-state index in [1.165, 1.54) is 22.3 Å². The van der Waals surface area contributed by atoms with Crippen molar-refractivity contribution in [1.29, 1.82) is 0 Å². The molecule has 0 fully saturated rings. The minimum atomic E-state index is 0.747. The summed E-state index contributed by atoms with van der Waals surface area (Å²) in [4.78, 5) is 10.8. The normalized spacial score (nSPS) is 10.4. The number of benzene rings is 3. The maximum atomic E-state index is 10.8. The van der Waals surface area contributed by atoms with Gasteiger partial charge in [-0.2, -0.15) is 0 Å². The summed E-state index contributed by atoms with van der Waals surface area (Å²) in [6, 6.07) is 26.9. The second-order valence-electron chi connectivity index (χ2n) is 5.43. The lowest BCUT2D eigenvalue weighted by molar-refractivity contribution is 0.112. The third-order valence-corrected chi connectivity index (χ3v) is 3.85. The highest BCUT2D eigenvalue weighted by atomic mass is 16.1. The molecule has 1 heteroatoms. The van der Waals surface area contributed by atoms with Gasteiger partial charge in [-0.15, -0.1) is 0 Å². The summed E-state index contributed by atoms with van der Waals surface area (Å²) in [6.45, 7) is 0. The average Bonchev–Trinajstić information content (AvgIpc) is 2.61. The standard InChI is InChI=1S/C21H18O/c22-16-19-6-4-5-18(15-19)10-9-17-11-13-21(14-12-17)20-7-2-1-3-8-20/h1-8,11-16H,9-10H2. The molecule has 3 rings (SSSR count). The van der Waals surface area contributed by atoms with Crippen molar-refractivity contribution in [1.82, 2.24) is 0 Å². The second kappa shape index (κ2) is 6.86. The molecule has 0 atom stereocenters. The van der Waals surface area contributed by atoms with Crippen molar-refractivity contribution in [3.05, 3.63) is 95.6 Å². The van der Waals surface area contributed by atoms with E-state index in [1.54, 1.807) is 0 Å². The van der Waals surface area contributed by atoms with E-state index in [1.807, 2.05) is 24.3 Å². The fourth-order valence-corrected chi connectivity index (χ4v) is 2.61. The number of hydrogen-bond donors (Lipinski definition) is 0. The fourth-order valence-electron chi connectivity index (χ4n) is 2.61. The van der Waals surface area contributed by atoms with Crippen LogP contribution in [-0.2, 0) is 12.8 Å². The van der Waals surface area contributed by atoms with E-state index in [4.69, 9.17) is 0 Å². The van der Waals surface area contributed by atoms with Gasteiger partial charge in [0.15, 0.2) is 0 Å². The number of rotatable bonds is 5. The maximum absolute atomic E-state index is 10.8. The lowest BCUT2D eigenvalue weighted by atomic mass is 10.00. The summed E-state index contributed by atoms with van der Waals surface area (Å²) >= 11 is 0. The molecule has 0 N–H and O–H groups in total. The minimum Gasteiger partial charge on any atom is -0.298 e. The molecular weight excluding hydrogens is 268 g/mol. The van der Waals surface area contributed by atoms with Gasteiger partial charge in [-0.1, -0.05) is 72.8 Å². The van der Waals surface area contributed by atoms with Gasteiger partial charge in [0.2, 0.25) is 0 Å². The molecule has 108 valence electrons. The Hall–Kier alpha value is -2.67. The Bertz CT molecular complexity index is 742. The highest BCUT2D eigenvalue weighted by Crippen LogP contribution is 2.20. The fraction of sp³-hybridized carbons (Fsp3) is 0.0952. The molecule has 0 saturated carbocycles. The number of aldehydes is 1. The molecule has 1 nitrogen and oxygen atoms in total. The van der Waals surface area contributed by atoms with Crippen molar-refractivity contribution in [2.45, 2.75) is 12.8 Å². The van der Waals surface area contributed by atoms with Crippen LogP contribution in [0, 0.1) is 0 Å². The van der Waals surface area contributed by atoms with Crippen molar-refractivity contribution >= 4 is 6.29 Å². The van der Waals surface area contributed by atoms with Crippen LogP contribution in [0.5, 0.6) is 0 Å². The van der Waals surface area contributed by atoms with Gasteiger partial charge in [-0.25, -0.2) is 0 Å². The Morgan fingerprint density at radius 2 is 1.32 bits per heavy atom. The molecule has 0 aliphatic carbocycles. The molecule has 0 radical (unpaired) electrons. The van der Waals surface area contributed by atoms with Crippen LogP contribution in [0.15, 0.2) is 78.9 Å². The van der Waals surface area contributed by atoms with Crippen molar-refractivity contribution < 1.29 is 4.79 Å². The van der Waals surface area contributed by atoms with E-state index in [-0.39, 0.29) is 0 Å². The molecule has 0 saturated heterocycles. The quantitative estimate of drug-likeness (QED) is 0.606. The van der Waals surface area contributed by atoms with Gasteiger partial charge in [-0.3, -0.25) is 4.79 Å². The van der Waals surface area contributed by atoms with Gasteiger partial charge in [-0.05, 0) is 41.2 Å². The SMILES string of the molecule is O=Cc1cccc(CCc2ccc(-c3ccccc3)cc2)c1. The van der Waals surface area contributed by atoms with Crippen LogP contribution in [0.4, 0.5) is 0 Å². The van der Waals surface area contributed by atoms with E-state index in [9.17, 15) is 4.79 Å². The van der Waals surface area contributed by atoms with Gasteiger partial charge in [0.1, 0.15) is 6.29 Å². The lowest BCUT2D eigenvalue weighted by Gasteiger charge is -2.05. The second-order valence-corrected chi connectivity index (χ2v) is 5.43. The van der Waals surface area contributed by atoms with Crippen LogP contribution < -0.4 is 0 Å². The zero-order valence-electron chi connectivity index (χ0n) is 12.4. The summed E-state index contributed by atoms with van der Waals surface area (Å²) in [7, 11) is 0. The third-order valence-electron chi connectivity index (χ3n) is 3.85. The van der Waals surface area contributed by atoms with Crippen molar-refractivity contribution in [3.8, 4) is 11.1 Å². The van der Waals surface area contributed by atoms with Gasteiger partial charge >= 0.3 is 0 Å². The molecular formula is C21H18O. The van der Waals surface area contributed by atoms with E-state index < -0.39 is 0 Å². The van der Waals surface area contributed by atoms with Crippen LogP contribution in [0.3, 0.4) is 0 Å². The first-order chi connectivity index (χ1) is 10.8. The number of carbonyl (C=O) groups is 1. The molecule has 0 bridgehead atoms.